The molecule has 4 nitrogen and oxygen atoms in total. The molecular formula is C15H19ClNO3PS. The van der Waals surface area contributed by atoms with Gasteiger partial charge in [0.1, 0.15) is 5.15 Å². The Morgan fingerprint density at radius 2 is 1.82 bits per heavy atom. The molecule has 0 bridgehead atoms. The molecule has 22 heavy (non-hydrogen) atoms. The van der Waals surface area contributed by atoms with Crippen LogP contribution in [-0.4, -0.2) is 18.2 Å². The van der Waals surface area contributed by atoms with E-state index in [0.29, 0.717) is 18.4 Å². The van der Waals surface area contributed by atoms with Gasteiger partial charge in [0.2, 0.25) is 0 Å². The fourth-order valence-electron chi connectivity index (χ4n) is 1.98. The quantitative estimate of drug-likeness (QED) is 0.513. The monoisotopic (exact) mass is 359 g/mol. The van der Waals surface area contributed by atoms with Crippen molar-refractivity contribution in [1.29, 1.82) is 0 Å². The second-order valence-electron chi connectivity index (χ2n) is 4.69. The third-order valence-electron chi connectivity index (χ3n) is 2.95. The standard InChI is InChI=1S/C15H19ClNO3PS/c1-4-18-21(22,19-5-2)20-10-13-9-12-7-6-11(3)8-14(12)17-15(13)16/h6-9H,4-5,10H2,1-3H3. The van der Waals surface area contributed by atoms with Crippen LogP contribution in [0.25, 0.3) is 10.9 Å². The number of pyridine rings is 1. The topological polar surface area (TPSA) is 40.6 Å². The zero-order valence-corrected chi connectivity index (χ0v) is 15.3. The molecular weight excluding hydrogens is 341 g/mol. The molecule has 0 saturated heterocycles. The van der Waals surface area contributed by atoms with E-state index in [1.165, 1.54) is 0 Å². The summed E-state index contributed by atoms with van der Waals surface area (Å²) in [7, 11) is 0. The molecule has 0 aliphatic heterocycles. The zero-order chi connectivity index (χ0) is 16.2. The summed E-state index contributed by atoms with van der Waals surface area (Å²) >= 11 is 11.6. The fraction of sp³-hybridized carbons (Fsp3) is 0.400. The molecule has 1 aromatic heterocycles. The summed E-state index contributed by atoms with van der Waals surface area (Å²) in [5.41, 5.74) is 2.78. The molecule has 2 aromatic rings. The van der Waals surface area contributed by atoms with Gasteiger partial charge in [0.25, 0.3) is 0 Å². The summed E-state index contributed by atoms with van der Waals surface area (Å²) in [6.07, 6.45) is 0. The molecule has 0 spiro atoms. The molecule has 2 rings (SSSR count). The maximum absolute atomic E-state index is 6.24. The summed E-state index contributed by atoms with van der Waals surface area (Å²) < 4.78 is 16.6. The molecule has 1 heterocycles. The van der Waals surface area contributed by atoms with E-state index in [2.05, 4.69) is 4.98 Å². The number of fused-ring (bicyclic) bond motifs is 1. The number of aryl methyl sites for hydroxylation is 1. The van der Waals surface area contributed by atoms with Crippen molar-refractivity contribution in [3.63, 3.8) is 0 Å². The Bertz CT molecular complexity index is 700. The molecule has 0 unspecified atom stereocenters. The lowest BCUT2D eigenvalue weighted by atomic mass is 10.1. The van der Waals surface area contributed by atoms with Crippen LogP contribution >= 0.6 is 18.3 Å². The van der Waals surface area contributed by atoms with Crippen LogP contribution in [0.15, 0.2) is 24.3 Å². The molecule has 0 fully saturated rings. The van der Waals surface area contributed by atoms with Crippen LogP contribution in [0, 0.1) is 6.92 Å². The van der Waals surface area contributed by atoms with Crippen molar-refractivity contribution in [3.8, 4) is 0 Å². The van der Waals surface area contributed by atoms with Crippen molar-refractivity contribution in [2.75, 3.05) is 13.2 Å². The van der Waals surface area contributed by atoms with Gasteiger partial charge in [0.05, 0.1) is 25.3 Å². The van der Waals surface area contributed by atoms with E-state index in [9.17, 15) is 0 Å². The van der Waals surface area contributed by atoms with E-state index in [1.54, 1.807) is 0 Å². The molecule has 0 saturated carbocycles. The van der Waals surface area contributed by atoms with Crippen LogP contribution in [-0.2, 0) is 32.0 Å². The largest absolute Gasteiger partial charge is 0.327 e. The van der Waals surface area contributed by atoms with Crippen molar-refractivity contribution in [3.05, 3.63) is 40.5 Å². The number of halogens is 1. The van der Waals surface area contributed by atoms with Crippen LogP contribution < -0.4 is 0 Å². The first-order valence-electron chi connectivity index (χ1n) is 7.07. The number of rotatable bonds is 7. The first-order valence-corrected chi connectivity index (χ1v) is 10.00. The lowest BCUT2D eigenvalue weighted by Gasteiger charge is -2.20. The van der Waals surface area contributed by atoms with Crippen molar-refractivity contribution >= 4 is 41.0 Å². The number of hydrogen-bond acceptors (Lipinski definition) is 5. The normalized spacial score (nSPS) is 12.0. The smallest absolute Gasteiger partial charge is 0.309 e. The number of nitrogens with zero attached hydrogens (tertiary/aromatic N) is 1. The van der Waals surface area contributed by atoms with Gasteiger partial charge in [-0.1, -0.05) is 23.7 Å². The third-order valence-corrected chi connectivity index (χ3v) is 5.82. The maximum atomic E-state index is 6.24. The lowest BCUT2D eigenvalue weighted by Crippen LogP contribution is -2.01. The van der Waals surface area contributed by atoms with E-state index in [4.69, 9.17) is 37.0 Å². The van der Waals surface area contributed by atoms with E-state index >= 15 is 0 Å². The molecule has 120 valence electrons. The second kappa shape index (κ2) is 7.82. The first kappa shape index (κ1) is 17.8. The van der Waals surface area contributed by atoms with Gasteiger partial charge in [-0.2, -0.15) is 0 Å². The van der Waals surface area contributed by atoms with Gasteiger partial charge >= 0.3 is 6.72 Å². The third kappa shape index (κ3) is 4.48. The van der Waals surface area contributed by atoms with Gasteiger partial charge in [0.15, 0.2) is 0 Å². The minimum atomic E-state index is -2.73. The highest BCUT2D eigenvalue weighted by Crippen LogP contribution is 2.50. The van der Waals surface area contributed by atoms with Crippen molar-refractivity contribution in [2.24, 2.45) is 0 Å². The van der Waals surface area contributed by atoms with Gasteiger partial charge in [-0.3, -0.25) is 0 Å². The molecule has 1 aromatic carbocycles. The summed E-state index contributed by atoms with van der Waals surface area (Å²) in [6, 6.07) is 8.00. The molecule has 0 aliphatic rings. The van der Waals surface area contributed by atoms with Gasteiger partial charge in [0, 0.05) is 10.9 Å². The molecule has 0 aliphatic carbocycles. The van der Waals surface area contributed by atoms with E-state index in [1.807, 2.05) is 45.0 Å². The highest BCUT2D eigenvalue weighted by Gasteiger charge is 2.20. The zero-order valence-electron chi connectivity index (χ0n) is 12.8. The molecule has 0 radical (unpaired) electrons. The van der Waals surface area contributed by atoms with Crippen LogP contribution in [0.4, 0.5) is 0 Å². The lowest BCUT2D eigenvalue weighted by molar-refractivity contribution is 0.161. The Hall–Kier alpha value is -0.550. The molecule has 0 amide bonds. The van der Waals surface area contributed by atoms with Crippen LogP contribution in [0.2, 0.25) is 5.15 Å². The maximum Gasteiger partial charge on any atom is 0.327 e. The summed E-state index contributed by atoms with van der Waals surface area (Å²) in [6.45, 7) is 4.11. The second-order valence-corrected chi connectivity index (χ2v) is 8.06. The highest BCUT2D eigenvalue weighted by molar-refractivity contribution is 8.07. The number of hydrogen-bond donors (Lipinski definition) is 0. The SMILES string of the molecule is CCOP(=S)(OCC)OCc1cc2ccc(C)cc2nc1Cl. The Labute approximate surface area is 141 Å². The van der Waals surface area contributed by atoms with Gasteiger partial charge in [-0.25, -0.2) is 4.98 Å². The predicted octanol–water partition coefficient (Wildman–Crippen LogP) is 5.01. The molecule has 7 heteroatoms. The van der Waals surface area contributed by atoms with Gasteiger partial charge in [-0.05, 0) is 50.3 Å². The van der Waals surface area contributed by atoms with E-state index < -0.39 is 6.72 Å². The summed E-state index contributed by atoms with van der Waals surface area (Å²) in [5, 5.41) is 1.42. The average molecular weight is 360 g/mol. The van der Waals surface area contributed by atoms with Crippen molar-refractivity contribution in [2.45, 2.75) is 27.4 Å². The Kier molecular flexibility index (Phi) is 6.33. The van der Waals surface area contributed by atoms with Gasteiger partial charge < -0.3 is 13.6 Å². The van der Waals surface area contributed by atoms with Crippen LogP contribution in [0.5, 0.6) is 0 Å². The molecule has 0 N–H and O–H groups in total. The highest BCUT2D eigenvalue weighted by atomic mass is 35.5. The number of benzene rings is 1. The van der Waals surface area contributed by atoms with Crippen molar-refractivity contribution < 1.29 is 13.6 Å². The van der Waals surface area contributed by atoms with Crippen LogP contribution in [0.1, 0.15) is 25.0 Å². The van der Waals surface area contributed by atoms with E-state index in [-0.39, 0.29) is 6.61 Å². The summed E-state index contributed by atoms with van der Waals surface area (Å²) in [5.74, 6) is 0. The molecule has 0 atom stereocenters. The first-order chi connectivity index (χ1) is 10.5. The van der Waals surface area contributed by atoms with Crippen molar-refractivity contribution in [1.82, 2.24) is 4.98 Å². The van der Waals surface area contributed by atoms with Gasteiger partial charge in [-0.15, -0.1) is 0 Å². The average Bonchev–Trinajstić information content (AvgIpc) is 2.45. The Morgan fingerprint density at radius 1 is 1.14 bits per heavy atom. The van der Waals surface area contributed by atoms with E-state index in [0.717, 1.165) is 22.0 Å². The Morgan fingerprint density at radius 3 is 2.45 bits per heavy atom. The fourth-order valence-corrected chi connectivity index (χ4v) is 4.12. The minimum Gasteiger partial charge on any atom is -0.309 e. The number of aromatic nitrogens is 1. The minimum absolute atomic E-state index is 0.215. The predicted molar refractivity (Wildman–Crippen MR) is 93.8 cm³/mol. The van der Waals surface area contributed by atoms with Crippen LogP contribution in [0.3, 0.4) is 0 Å². The summed E-state index contributed by atoms with van der Waals surface area (Å²) in [4.78, 5) is 4.41. The Balaban J connectivity index is 2.22.